The monoisotopic (exact) mass is 390 g/mol. The van der Waals surface area contributed by atoms with E-state index in [-0.39, 0.29) is 10.5 Å². The molecule has 3 rings (SSSR count). The third-order valence-corrected chi connectivity index (χ3v) is 5.20. The van der Waals surface area contributed by atoms with Crippen LogP contribution in [0.15, 0.2) is 82.6 Å². The molecule has 0 heterocycles. The fourth-order valence-corrected chi connectivity index (χ4v) is 3.62. The first kappa shape index (κ1) is 19.1. The van der Waals surface area contributed by atoms with Crippen molar-refractivity contribution in [2.24, 2.45) is 0 Å². The minimum Gasteiger partial charge on any atom is -0.478 e. The summed E-state index contributed by atoms with van der Waals surface area (Å²) in [5.41, 5.74) is 0.758. The lowest BCUT2D eigenvalue weighted by Crippen LogP contribution is -2.09. The lowest BCUT2D eigenvalue weighted by Gasteiger charge is -2.07. The van der Waals surface area contributed by atoms with E-state index in [2.05, 4.69) is 11.8 Å². The highest BCUT2D eigenvalue weighted by Crippen LogP contribution is 2.21. The molecule has 0 aromatic heterocycles. The number of hydrogen-bond donors (Lipinski definition) is 2. The normalized spacial score (nSPS) is 11.1. The second-order valence-corrected chi connectivity index (χ2v) is 7.21. The molecule has 0 bridgehead atoms. The predicted octanol–water partition coefficient (Wildman–Crippen LogP) is 3.65. The van der Waals surface area contributed by atoms with Gasteiger partial charge in [0.05, 0.1) is 21.9 Å². The van der Waals surface area contributed by atoms with E-state index in [1.165, 1.54) is 6.07 Å². The topological polar surface area (TPSA) is 91.7 Å². The first-order valence-corrected chi connectivity index (χ1v) is 9.30. The van der Waals surface area contributed by atoms with Gasteiger partial charge in [-0.15, -0.1) is 0 Å². The van der Waals surface area contributed by atoms with Crippen molar-refractivity contribution in [3.05, 3.63) is 95.1 Å². The van der Waals surface area contributed by atoms with E-state index < -0.39 is 28.3 Å². The largest absolute Gasteiger partial charge is 0.478 e. The summed E-state index contributed by atoms with van der Waals surface area (Å²) in [6.07, 6.45) is 0. The van der Waals surface area contributed by atoms with Crippen LogP contribution < -0.4 is 0 Å². The highest BCUT2D eigenvalue weighted by molar-refractivity contribution is 7.85. The van der Waals surface area contributed by atoms with Crippen molar-refractivity contribution in [3.8, 4) is 11.8 Å². The van der Waals surface area contributed by atoms with Gasteiger partial charge in [0.1, 0.15) is 0 Å². The molecule has 6 heteroatoms. The van der Waals surface area contributed by atoms with Crippen LogP contribution >= 0.6 is 0 Å². The smallest absolute Gasteiger partial charge is 0.336 e. The summed E-state index contributed by atoms with van der Waals surface area (Å²) in [4.78, 5) is 23.1. The number of hydrogen-bond acceptors (Lipinski definition) is 3. The molecule has 0 aliphatic heterocycles. The van der Waals surface area contributed by atoms with Crippen LogP contribution in [0.4, 0.5) is 0 Å². The van der Waals surface area contributed by atoms with Crippen molar-refractivity contribution < 1.29 is 24.0 Å². The Balaban J connectivity index is 1.93. The molecule has 28 heavy (non-hydrogen) atoms. The molecule has 138 valence electrons. The van der Waals surface area contributed by atoms with Crippen LogP contribution in [0.3, 0.4) is 0 Å². The molecule has 1 unspecified atom stereocenters. The Hall–Kier alpha value is -3.69. The zero-order valence-corrected chi connectivity index (χ0v) is 15.3. The van der Waals surface area contributed by atoms with Gasteiger partial charge in [0, 0.05) is 20.9 Å². The van der Waals surface area contributed by atoms with Crippen LogP contribution in [0.5, 0.6) is 0 Å². The molecule has 1 atom stereocenters. The van der Waals surface area contributed by atoms with E-state index in [1.54, 1.807) is 24.3 Å². The predicted molar refractivity (Wildman–Crippen MR) is 104 cm³/mol. The van der Waals surface area contributed by atoms with E-state index in [1.807, 2.05) is 30.3 Å². The Morgan fingerprint density at radius 1 is 0.679 bits per heavy atom. The van der Waals surface area contributed by atoms with Gasteiger partial charge in [0.2, 0.25) is 0 Å². The molecule has 0 radical (unpaired) electrons. The summed E-state index contributed by atoms with van der Waals surface area (Å²) in [5, 5.41) is 18.3. The Labute approximate surface area is 163 Å². The minimum atomic E-state index is -1.68. The Kier molecular flexibility index (Phi) is 5.68. The molecule has 0 aliphatic rings. The highest BCUT2D eigenvalue weighted by atomic mass is 32.2. The Morgan fingerprint density at radius 2 is 1.29 bits per heavy atom. The molecule has 0 saturated carbocycles. The first-order valence-electron chi connectivity index (χ1n) is 8.15. The fourth-order valence-electron chi connectivity index (χ4n) is 2.49. The fraction of sp³-hybridized carbons (Fsp3) is 0. The third-order valence-electron chi connectivity index (χ3n) is 3.84. The van der Waals surface area contributed by atoms with Crippen molar-refractivity contribution in [2.45, 2.75) is 9.79 Å². The lowest BCUT2D eigenvalue weighted by atomic mass is 10.1. The Morgan fingerprint density at radius 3 is 1.96 bits per heavy atom. The molecular weight excluding hydrogens is 376 g/mol. The molecule has 2 N–H and O–H groups in total. The lowest BCUT2D eigenvalue weighted by molar-refractivity contribution is 0.0651. The maximum absolute atomic E-state index is 12.9. The number of rotatable bonds is 4. The summed E-state index contributed by atoms with van der Waals surface area (Å²) >= 11 is 0. The van der Waals surface area contributed by atoms with E-state index in [0.29, 0.717) is 10.5 Å². The molecule has 0 aliphatic carbocycles. The zero-order valence-electron chi connectivity index (χ0n) is 14.5. The molecule has 0 amide bonds. The number of carbonyl (C=O) groups is 2. The van der Waals surface area contributed by atoms with Crippen LogP contribution in [0, 0.1) is 11.8 Å². The Bertz CT molecular complexity index is 1140. The maximum atomic E-state index is 12.9. The van der Waals surface area contributed by atoms with Gasteiger partial charge in [-0.3, -0.25) is 0 Å². The van der Waals surface area contributed by atoms with Gasteiger partial charge < -0.3 is 10.2 Å². The van der Waals surface area contributed by atoms with Crippen molar-refractivity contribution in [2.75, 3.05) is 0 Å². The summed E-state index contributed by atoms with van der Waals surface area (Å²) < 4.78 is 12.9. The van der Waals surface area contributed by atoms with Crippen molar-refractivity contribution in [1.82, 2.24) is 0 Å². The van der Waals surface area contributed by atoms with Crippen molar-refractivity contribution in [3.63, 3.8) is 0 Å². The highest BCUT2D eigenvalue weighted by Gasteiger charge is 2.18. The van der Waals surface area contributed by atoms with E-state index in [0.717, 1.165) is 17.7 Å². The van der Waals surface area contributed by atoms with Gasteiger partial charge in [-0.1, -0.05) is 36.1 Å². The summed E-state index contributed by atoms with van der Waals surface area (Å²) in [6, 6.07) is 19.9. The van der Waals surface area contributed by atoms with Crippen LogP contribution in [0.25, 0.3) is 0 Å². The van der Waals surface area contributed by atoms with Gasteiger partial charge in [0.15, 0.2) is 0 Å². The van der Waals surface area contributed by atoms with Gasteiger partial charge in [-0.25, -0.2) is 13.8 Å². The van der Waals surface area contributed by atoms with Crippen LogP contribution in [-0.4, -0.2) is 26.4 Å². The third kappa shape index (κ3) is 4.34. The van der Waals surface area contributed by atoms with Gasteiger partial charge in [-0.05, 0) is 48.5 Å². The van der Waals surface area contributed by atoms with Gasteiger partial charge >= 0.3 is 11.9 Å². The SMILES string of the molecule is O=C(O)c1ccc(S(=O)c2cccc(C#Cc3ccccc3)c2)cc1C(=O)O. The average Bonchev–Trinajstić information content (AvgIpc) is 2.72. The molecule has 5 nitrogen and oxygen atoms in total. The number of carboxylic acid groups (broad SMARTS) is 2. The molecule has 0 fully saturated rings. The summed E-state index contributed by atoms with van der Waals surface area (Å²) in [7, 11) is -1.68. The maximum Gasteiger partial charge on any atom is 0.336 e. The molecule has 3 aromatic rings. The second kappa shape index (κ2) is 8.33. The second-order valence-electron chi connectivity index (χ2n) is 5.73. The number of benzene rings is 3. The van der Waals surface area contributed by atoms with Crippen LogP contribution in [0.2, 0.25) is 0 Å². The van der Waals surface area contributed by atoms with Crippen LogP contribution in [0.1, 0.15) is 31.8 Å². The quantitative estimate of drug-likeness (QED) is 0.664. The zero-order chi connectivity index (χ0) is 20.1. The van der Waals surface area contributed by atoms with E-state index >= 15 is 0 Å². The summed E-state index contributed by atoms with van der Waals surface area (Å²) in [5.74, 6) is 3.28. The number of carboxylic acids is 2. The van der Waals surface area contributed by atoms with E-state index in [9.17, 15) is 18.9 Å². The molecule has 0 spiro atoms. The first-order chi connectivity index (χ1) is 13.5. The molecular formula is C22H14O5S. The number of aromatic carboxylic acids is 2. The van der Waals surface area contributed by atoms with Crippen molar-refractivity contribution >= 4 is 22.7 Å². The van der Waals surface area contributed by atoms with Gasteiger partial charge in [-0.2, -0.15) is 0 Å². The molecule has 0 saturated heterocycles. The minimum absolute atomic E-state index is 0.204. The molecule has 3 aromatic carbocycles. The van der Waals surface area contributed by atoms with E-state index in [4.69, 9.17) is 5.11 Å². The standard InChI is InChI=1S/C22H14O5S/c23-21(24)19-12-11-18(14-20(19)22(25)26)28(27)17-8-4-7-16(13-17)10-9-15-5-2-1-3-6-15/h1-8,11-14H,(H,23,24)(H,25,26). The van der Waals surface area contributed by atoms with Crippen molar-refractivity contribution in [1.29, 1.82) is 0 Å². The summed E-state index contributed by atoms with van der Waals surface area (Å²) in [6.45, 7) is 0. The van der Waals surface area contributed by atoms with Crippen LogP contribution in [-0.2, 0) is 10.8 Å². The van der Waals surface area contributed by atoms with Gasteiger partial charge in [0.25, 0.3) is 0 Å². The average molecular weight is 390 g/mol.